The summed E-state index contributed by atoms with van der Waals surface area (Å²) in [4.78, 5) is 15.7. The van der Waals surface area contributed by atoms with Crippen LogP contribution >= 0.6 is 0 Å². The molecule has 0 atom stereocenters. The number of hydrogen-bond donors (Lipinski definition) is 1. The van der Waals surface area contributed by atoms with Crippen molar-refractivity contribution in [1.82, 2.24) is 34.5 Å². The SMILES string of the molecule is CCCn1nnnc1COC(=O)CCNS(=O)(=O)c1cn(C)c(C)n1. The number of tetrazole rings is 1. The molecule has 0 aliphatic heterocycles. The van der Waals surface area contributed by atoms with Crippen LogP contribution in [-0.4, -0.2) is 50.7 Å². The van der Waals surface area contributed by atoms with Crippen LogP contribution in [0.25, 0.3) is 0 Å². The predicted octanol–water partition coefficient (Wildman–Crippen LogP) is -0.463. The third-order valence-corrected chi connectivity index (χ3v) is 4.72. The maximum Gasteiger partial charge on any atom is 0.307 e. The fraction of sp³-hybridized carbons (Fsp3) is 0.615. The molecule has 0 saturated carbocycles. The Balaban J connectivity index is 1.79. The van der Waals surface area contributed by atoms with Gasteiger partial charge in [0.15, 0.2) is 17.5 Å². The fourth-order valence-corrected chi connectivity index (χ4v) is 3.01. The average molecular weight is 371 g/mol. The number of rotatable bonds is 9. The molecule has 0 aliphatic rings. The lowest BCUT2D eigenvalue weighted by molar-refractivity contribution is -0.145. The summed E-state index contributed by atoms with van der Waals surface area (Å²) in [7, 11) is -2.06. The molecule has 25 heavy (non-hydrogen) atoms. The minimum absolute atomic E-state index is 0.0575. The third kappa shape index (κ3) is 5.06. The van der Waals surface area contributed by atoms with Crippen LogP contribution in [-0.2, 0) is 39.8 Å². The minimum atomic E-state index is -3.76. The van der Waals surface area contributed by atoms with E-state index in [0.29, 0.717) is 18.2 Å². The zero-order chi connectivity index (χ0) is 18.4. The van der Waals surface area contributed by atoms with Gasteiger partial charge in [-0.3, -0.25) is 4.79 Å². The summed E-state index contributed by atoms with van der Waals surface area (Å²) >= 11 is 0. The van der Waals surface area contributed by atoms with Crippen LogP contribution in [0.5, 0.6) is 0 Å². The topological polar surface area (TPSA) is 134 Å². The number of hydrogen-bond acceptors (Lipinski definition) is 8. The Hall–Kier alpha value is -2.34. The van der Waals surface area contributed by atoms with Crippen molar-refractivity contribution in [3.05, 3.63) is 17.8 Å². The first-order valence-electron chi connectivity index (χ1n) is 7.73. The highest BCUT2D eigenvalue weighted by Gasteiger charge is 2.18. The summed E-state index contributed by atoms with van der Waals surface area (Å²) in [6.45, 7) is 4.16. The lowest BCUT2D eigenvalue weighted by Crippen LogP contribution is -2.27. The molecular weight excluding hydrogens is 350 g/mol. The standard InChI is InChI=1S/C13H21N7O4S/c1-4-7-20-11(16-17-18-20)9-24-13(21)5-6-14-25(22,23)12-8-19(3)10(2)15-12/h8,14H,4-7,9H2,1-3H3. The highest BCUT2D eigenvalue weighted by molar-refractivity contribution is 7.89. The molecule has 138 valence electrons. The van der Waals surface area contributed by atoms with Crippen molar-refractivity contribution in [3.8, 4) is 0 Å². The summed E-state index contributed by atoms with van der Waals surface area (Å²) in [6, 6.07) is 0. The first-order chi connectivity index (χ1) is 11.8. The van der Waals surface area contributed by atoms with Gasteiger partial charge in [0, 0.05) is 26.3 Å². The van der Waals surface area contributed by atoms with Gasteiger partial charge in [-0.05, 0) is 23.8 Å². The molecule has 2 heterocycles. The lowest BCUT2D eigenvalue weighted by atomic mass is 10.4. The van der Waals surface area contributed by atoms with E-state index in [1.165, 1.54) is 6.20 Å². The third-order valence-electron chi connectivity index (χ3n) is 3.39. The number of carbonyl (C=O) groups is 1. The summed E-state index contributed by atoms with van der Waals surface area (Å²) < 4.78 is 34.7. The lowest BCUT2D eigenvalue weighted by Gasteiger charge is -2.06. The van der Waals surface area contributed by atoms with Crippen molar-refractivity contribution in [2.24, 2.45) is 7.05 Å². The van der Waals surface area contributed by atoms with E-state index in [-0.39, 0.29) is 24.6 Å². The normalized spacial score (nSPS) is 11.6. The molecule has 11 nitrogen and oxygen atoms in total. The molecule has 12 heteroatoms. The molecule has 0 bridgehead atoms. The van der Waals surface area contributed by atoms with Gasteiger partial charge in [-0.2, -0.15) is 0 Å². The van der Waals surface area contributed by atoms with Gasteiger partial charge in [0.25, 0.3) is 10.0 Å². The van der Waals surface area contributed by atoms with Crippen LogP contribution < -0.4 is 4.72 Å². The van der Waals surface area contributed by atoms with Crippen LogP contribution in [0.15, 0.2) is 11.2 Å². The fourth-order valence-electron chi connectivity index (χ4n) is 1.95. The summed E-state index contributed by atoms with van der Waals surface area (Å²) in [6.07, 6.45) is 2.14. The molecule has 2 rings (SSSR count). The second-order valence-corrected chi connectivity index (χ2v) is 7.08. The number of aromatic nitrogens is 6. The van der Waals surface area contributed by atoms with Crippen LogP contribution in [0.4, 0.5) is 0 Å². The number of ether oxygens (including phenoxy) is 1. The Kier molecular flexibility index (Phi) is 6.20. The second-order valence-electron chi connectivity index (χ2n) is 5.36. The molecule has 2 aromatic rings. The highest BCUT2D eigenvalue weighted by Crippen LogP contribution is 2.07. The number of aryl methyl sites for hydroxylation is 3. The van der Waals surface area contributed by atoms with Crippen molar-refractivity contribution >= 4 is 16.0 Å². The number of imidazole rings is 1. The van der Waals surface area contributed by atoms with Gasteiger partial charge >= 0.3 is 5.97 Å². The maximum atomic E-state index is 12.1. The van der Waals surface area contributed by atoms with Gasteiger partial charge in [0.05, 0.1) is 6.42 Å². The first-order valence-corrected chi connectivity index (χ1v) is 9.22. The molecule has 0 radical (unpaired) electrons. The summed E-state index contributed by atoms with van der Waals surface area (Å²) in [5, 5.41) is 11.0. The predicted molar refractivity (Wildman–Crippen MR) is 85.7 cm³/mol. The molecule has 2 aromatic heterocycles. The Morgan fingerprint density at radius 3 is 2.80 bits per heavy atom. The summed E-state index contributed by atoms with van der Waals surface area (Å²) in [5.41, 5.74) is 0. The Labute approximate surface area is 145 Å². The minimum Gasteiger partial charge on any atom is -0.457 e. The average Bonchev–Trinajstić information content (AvgIpc) is 3.13. The smallest absolute Gasteiger partial charge is 0.307 e. The van der Waals surface area contributed by atoms with Gasteiger partial charge in [-0.15, -0.1) is 5.10 Å². The maximum absolute atomic E-state index is 12.1. The molecule has 0 saturated heterocycles. The van der Waals surface area contributed by atoms with E-state index < -0.39 is 16.0 Å². The second kappa shape index (κ2) is 8.16. The summed E-state index contributed by atoms with van der Waals surface area (Å²) in [5.74, 6) is 0.468. The van der Waals surface area contributed by atoms with Crippen LogP contribution in [0.1, 0.15) is 31.4 Å². The number of sulfonamides is 1. The van der Waals surface area contributed by atoms with Gasteiger partial charge in [-0.25, -0.2) is 22.8 Å². The van der Waals surface area contributed by atoms with Crippen LogP contribution in [0.3, 0.4) is 0 Å². The van der Waals surface area contributed by atoms with Crippen molar-refractivity contribution in [2.45, 2.75) is 44.9 Å². The van der Waals surface area contributed by atoms with Gasteiger partial charge in [0.2, 0.25) is 0 Å². The highest BCUT2D eigenvalue weighted by atomic mass is 32.2. The number of carbonyl (C=O) groups excluding carboxylic acids is 1. The van der Waals surface area contributed by atoms with E-state index in [0.717, 1.165) is 6.42 Å². The number of nitrogens with zero attached hydrogens (tertiary/aromatic N) is 6. The van der Waals surface area contributed by atoms with E-state index in [1.807, 2.05) is 6.92 Å². The molecule has 1 N–H and O–H groups in total. The van der Waals surface area contributed by atoms with Crippen LogP contribution in [0.2, 0.25) is 0 Å². The molecule has 0 fully saturated rings. The van der Waals surface area contributed by atoms with Crippen LogP contribution in [0, 0.1) is 6.92 Å². The zero-order valence-corrected chi connectivity index (χ0v) is 15.2. The molecule has 0 unspecified atom stereocenters. The molecule has 0 aromatic carbocycles. The monoisotopic (exact) mass is 371 g/mol. The van der Waals surface area contributed by atoms with Crippen molar-refractivity contribution in [3.63, 3.8) is 0 Å². The van der Waals surface area contributed by atoms with E-state index in [2.05, 4.69) is 25.2 Å². The Morgan fingerprint density at radius 1 is 1.40 bits per heavy atom. The van der Waals surface area contributed by atoms with Gasteiger partial charge < -0.3 is 9.30 Å². The molecule has 0 aliphatic carbocycles. The molecule has 0 amide bonds. The largest absolute Gasteiger partial charge is 0.457 e. The van der Waals surface area contributed by atoms with Gasteiger partial charge in [-0.1, -0.05) is 6.92 Å². The quantitative estimate of drug-likeness (QED) is 0.585. The molecular formula is C13H21N7O4S. The number of nitrogens with one attached hydrogen (secondary N) is 1. The van der Waals surface area contributed by atoms with E-state index in [4.69, 9.17) is 4.74 Å². The van der Waals surface area contributed by atoms with Crippen molar-refractivity contribution in [2.75, 3.05) is 6.54 Å². The molecule has 0 spiro atoms. The Bertz CT molecular complexity index is 808. The zero-order valence-electron chi connectivity index (χ0n) is 14.3. The van der Waals surface area contributed by atoms with Crippen molar-refractivity contribution < 1.29 is 17.9 Å². The van der Waals surface area contributed by atoms with E-state index in [9.17, 15) is 13.2 Å². The van der Waals surface area contributed by atoms with Gasteiger partial charge in [0.1, 0.15) is 5.82 Å². The Morgan fingerprint density at radius 2 is 2.16 bits per heavy atom. The van der Waals surface area contributed by atoms with E-state index in [1.54, 1.807) is 23.2 Å². The first kappa shape index (κ1) is 19.0. The van der Waals surface area contributed by atoms with Crippen molar-refractivity contribution in [1.29, 1.82) is 0 Å². The van der Waals surface area contributed by atoms with E-state index >= 15 is 0 Å². The number of esters is 1.